The van der Waals surface area contributed by atoms with Crippen LogP contribution in [0.4, 0.5) is 0 Å². The van der Waals surface area contributed by atoms with E-state index in [1.807, 2.05) is 6.92 Å². The molecule has 1 rings (SSSR count). The Labute approximate surface area is 74.2 Å². The molecule has 0 aromatic heterocycles. The maximum atomic E-state index is 9.86. The third-order valence-electron chi connectivity index (χ3n) is 2.22. The van der Waals surface area contributed by atoms with Crippen LogP contribution in [0, 0.1) is 0 Å². The number of rotatable bonds is 3. The summed E-state index contributed by atoms with van der Waals surface area (Å²) in [5.41, 5.74) is 0.967. The van der Waals surface area contributed by atoms with Crippen molar-refractivity contribution in [3.05, 3.63) is 12.2 Å². The summed E-state index contributed by atoms with van der Waals surface area (Å²) in [5.74, 6) is -0.850. The highest BCUT2D eigenvalue weighted by Crippen LogP contribution is 2.29. The monoisotopic (exact) mass is 170 g/mol. The summed E-state index contributed by atoms with van der Waals surface area (Å²) in [4.78, 5) is 0. The summed E-state index contributed by atoms with van der Waals surface area (Å²) in [7, 11) is 0. The van der Waals surface area contributed by atoms with Gasteiger partial charge in [-0.05, 0) is 19.8 Å². The molecule has 0 radical (unpaired) electrons. The Morgan fingerprint density at radius 1 is 1.42 bits per heavy atom. The van der Waals surface area contributed by atoms with Crippen molar-refractivity contribution in [2.24, 2.45) is 0 Å². The number of hydrogen-bond acceptors (Lipinski definition) is 2. The fraction of sp³-hybridized carbons (Fsp3) is 0.800. The number of hydrogen-bond donors (Lipinski definition) is 1. The summed E-state index contributed by atoms with van der Waals surface area (Å²) in [6, 6.07) is 0. The van der Waals surface area contributed by atoms with Crippen LogP contribution in [0.3, 0.4) is 0 Å². The number of ether oxygens (including phenoxy) is 1. The van der Waals surface area contributed by atoms with E-state index in [1.165, 1.54) is 6.42 Å². The molecule has 0 bridgehead atoms. The van der Waals surface area contributed by atoms with Crippen molar-refractivity contribution in [3.63, 3.8) is 0 Å². The molecular weight excluding hydrogens is 152 g/mol. The second kappa shape index (κ2) is 4.06. The van der Waals surface area contributed by atoms with Crippen molar-refractivity contribution in [2.75, 3.05) is 6.61 Å². The molecule has 0 aliphatic heterocycles. The smallest absolute Gasteiger partial charge is 0.165 e. The van der Waals surface area contributed by atoms with Crippen molar-refractivity contribution in [2.45, 2.75) is 44.8 Å². The summed E-state index contributed by atoms with van der Waals surface area (Å²) < 4.78 is 5.39. The average molecular weight is 170 g/mol. The molecule has 1 aliphatic rings. The van der Waals surface area contributed by atoms with Crippen LogP contribution in [-0.2, 0) is 4.74 Å². The first-order valence-electron chi connectivity index (χ1n) is 4.63. The van der Waals surface area contributed by atoms with Crippen LogP contribution in [0.5, 0.6) is 0 Å². The van der Waals surface area contributed by atoms with E-state index < -0.39 is 5.79 Å². The largest absolute Gasteiger partial charge is 0.365 e. The standard InChI is InChI=1S/C10H18O2/c1-9(2)8-12-10(11)6-4-3-5-7-10/h11H,1,3-8H2,2H3. The summed E-state index contributed by atoms with van der Waals surface area (Å²) in [6.45, 7) is 6.13. The van der Waals surface area contributed by atoms with Gasteiger partial charge in [-0.25, -0.2) is 0 Å². The van der Waals surface area contributed by atoms with E-state index >= 15 is 0 Å². The molecule has 0 saturated heterocycles. The first-order chi connectivity index (χ1) is 5.62. The molecule has 2 nitrogen and oxygen atoms in total. The third-order valence-corrected chi connectivity index (χ3v) is 2.22. The van der Waals surface area contributed by atoms with Gasteiger partial charge in [-0.3, -0.25) is 0 Å². The average Bonchev–Trinajstić information content (AvgIpc) is 2.03. The molecule has 0 spiro atoms. The molecule has 0 aromatic carbocycles. The van der Waals surface area contributed by atoms with E-state index in [-0.39, 0.29) is 0 Å². The first-order valence-corrected chi connectivity index (χ1v) is 4.63. The predicted molar refractivity (Wildman–Crippen MR) is 48.8 cm³/mol. The lowest BCUT2D eigenvalue weighted by molar-refractivity contribution is -0.214. The Hall–Kier alpha value is -0.340. The Morgan fingerprint density at radius 2 is 2.00 bits per heavy atom. The normalized spacial score (nSPS) is 22.2. The van der Waals surface area contributed by atoms with Crippen molar-refractivity contribution >= 4 is 0 Å². The number of aliphatic hydroxyl groups is 1. The van der Waals surface area contributed by atoms with Crippen LogP contribution < -0.4 is 0 Å². The molecule has 2 heteroatoms. The predicted octanol–water partition coefficient (Wildman–Crippen LogP) is 2.23. The third kappa shape index (κ3) is 2.95. The molecule has 0 unspecified atom stereocenters. The lowest BCUT2D eigenvalue weighted by Gasteiger charge is -2.31. The van der Waals surface area contributed by atoms with E-state index in [4.69, 9.17) is 4.74 Å². The van der Waals surface area contributed by atoms with Gasteiger partial charge in [0.2, 0.25) is 0 Å². The quantitative estimate of drug-likeness (QED) is 0.520. The van der Waals surface area contributed by atoms with Crippen molar-refractivity contribution in [3.8, 4) is 0 Å². The van der Waals surface area contributed by atoms with Crippen LogP contribution in [0.1, 0.15) is 39.0 Å². The molecule has 0 amide bonds. The minimum absolute atomic E-state index is 0.483. The van der Waals surface area contributed by atoms with Crippen molar-refractivity contribution < 1.29 is 9.84 Å². The fourth-order valence-electron chi connectivity index (χ4n) is 1.51. The van der Waals surface area contributed by atoms with Crippen molar-refractivity contribution in [1.82, 2.24) is 0 Å². The van der Waals surface area contributed by atoms with E-state index in [2.05, 4.69) is 6.58 Å². The minimum atomic E-state index is -0.850. The van der Waals surface area contributed by atoms with Crippen molar-refractivity contribution in [1.29, 1.82) is 0 Å². The van der Waals surface area contributed by atoms with E-state index in [9.17, 15) is 5.11 Å². The zero-order chi connectivity index (χ0) is 9.03. The minimum Gasteiger partial charge on any atom is -0.365 e. The van der Waals surface area contributed by atoms with Gasteiger partial charge in [-0.1, -0.05) is 18.6 Å². The Kier molecular flexibility index (Phi) is 3.29. The van der Waals surface area contributed by atoms with E-state index in [0.717, 1.165) is 31.3 Å². The Bertz CT molecular complexity index is 157. The zero-order valence-corrected chi connectivity index (χ0v) is 7.81. The Balaban J connectivity index is 2.31. The molecule has 0 atom stereocenters. The maximum absolute atomic E-state index is 9.86. The Morgan fingerprint density at radius 3 is 2.50 bits per heavy atom. The molecular formula is C10H18O2. The van der Waals surface area contributed by atoms with Gasteiger partial charge < -0.3 is 9.84 Å². The van der Waals surface area contributed by atoms with Gasteiger partial charge in [0.1, 0.15) is 0 Å². The molecule has 12 heavy (non-hydrogen) atoms. The summed E-state index contributed by atoms with van der Waals surface area (Å²) in [5, 5.41) is 9.86. The summed E-state index contributed by atoms with van der Waals surface area (Å²) in [6.07, 6.45) is 4.93. The van der Waals surface area contributed by atoms with Gasteiger partial charge in [0.25, 0.3) is 0 Å². The molecule has 1 aliphatic carbocycles. The second-order valence-electron chi connectivity index (χ2n) is 3.75. The first kappa shape index (κ1) is 9.75. The van der Waals surface area contributed by atoms with Gasteiger partial charge in [-0.2, -0.15) is 0 Å². The lowest BCUT2D eigenvalue weighted by Crippen LogP contribution is -2.35. The van der Waals surface area contributed by atoms with Gasteiger partial charge in [0.15, 0.2) is 5.79 Å². The van der Waals surface area contributed by atoms with Crippen LogP contribution in [0.2, 0.25) is 0 Å². The maximum Gasteiger partial charge on any atom is 0.165 e. The van der Waals surface area contributed by atoms with Gasteiger partial charge >= 0.3 is 0 Å². The van der Waals surface area contributed by atoms with E-state index in [0.29, 0.717) is 6.61 Å². The molecule has 1 fully saturated rings. The van der Waals surface area contributed by atoms with Crippen LogP contribution >= 0.6 is 0 Å². The SMILES string of the molecule is C=C(C)COC1(O)CCCCC1. The van der Waals surface area contributed by atoms with Gasteiger partial charge in [-0.15, -0.1) is 0 Å². The molecule has 1 saturated carbocycles. The van der Waals surface area contributed by atoms with Crippen LogP contribution in [0.25, 0.3) is 0 Å². The molecule has 70 valence electrons. The fourth-order valence-corrected chi connectivity index (χ4v) is 1.51. The highest BCUT2D eigenvalue weighted by molar-refractivity contribution is 4.89. The zero-order valence-electron chi connectivity index (χ0n) is 7.81. The van der Waals surface area contributed by atoms with E-state index in [1.54, 1.807) is 0 Å². The van der Waals surface area contributed by atoms with Gasteiger partial charge in [0, 0.05) is 12.8 Å². The molecule has 1 N–H and O–H groups in total. The van der Waals surface area contributed by atoms with Crippen LogP contribution in [0.15, 0.2) is 12.2 Å². The highest BCUT2D eigenvalue weighted by atomic mass is 16.6. The summed E-state index contributed by atoms with van der Waals surface area (Å²) >= 11 is 0. The van der Waals surface area contributed by atoms with Gasteiger partial charge in [0.05, 0.1) is 6.61 Å². The van der Waals surface area contributed by atoms with Crippen LogP contribution in [-0.4, -0.2) is 17.5 Å². The molecule has 0 heterocycles. The topological polar surface area (TPSA) is 29.5 Å². The lowest BCUT2D eigenvalue weighted by atomic mass is 9.94. The highest BCUT2D eigenvalue weighted by Gasteiger charge is 2.29. The molecule has 0 aromatic rings. The second-order valence-corrected chi connectivity index (χ2v) is 3.75.